The van der Waals surface area contributed by atoms with Crippen LogP contribution in [0.3, 0.4) is 0 Å². The predicted molar refractivity (Wildman–Crippen MR) is 81.1 cm³/mol. The minimum Gasteiger partial charge on any atom is -0.382 e. The van der Waals surface area contributed by atoms with Gasteiger partial charge in [0.05, 0.1) is 5.69 Å². The third kappa shape index (κ3) is 3.40. The lowest BCUT2D eigenvalue weighted by Gasteiger charge is -2.04. The Morgan fingerprint density at radius 1 is 1.14 bits per heavy atom. The molecule has 0 atom stereocenters. The first kappa shape index (κ1) is 13.6. The lowest BCUT2D eigenvalue weighted by Crippen LogP contribution is -2.02. The van der Waals surface area contributed by atoms with E-state index in [2.05, 4.69) is 20.6 Å². The third-order valence-corrected chi connectivity index (χ3v) is 3.87. The van der Waals surface area contributed by atoms with E-state index in [0.717, 1.165) is 29.6 Å². The maximum absolute atomic E-state index is 5.58. The largest absolute Gasteiger partial charge is 0.382 e. The molecule has 0 aliphatic carbocycles. The Labute approximate surface area is 126 Å². The maximum Gasteiger partial charge on any atom is 0.214 e. The second kappa shape index (κ2) is 6.40. The summed E-state index contributed by atoms with van der Waals surface area (Å²) in [4.78, 5) is 0. The smallest absolute Gasteiger partial charge is 0.214 e. The molecule has 3 rings (SSSR count). The highest BCUT2D eigenvalue weighted by molar-refractivity contribution is 7.99. The molecule has 0 unspecified atom stereocenters. The summed E-state index contributed by atoms with van der Waals surface area (Å²) in [5.74, 6) is 1.46. The molecule has 0 fully saturated rings. The van der Waals surface area contributed by atoms with Gasteiger partial charge in [0.15, 0.2) is 0 Å². The number of hydrogen-bond acceptors (Lipinski definition) is 6. The fourth-order valence-corrected chi connectivity index (χ4v) is 2.71. The molecule has 0 saturated carbocycles. The summed E-state index contributed by atoms with van der Waals surface area (Å²) in [5.41, 5.74) is 6.54. The average Bonchev–Trinajstić information content (AvgIpc) is 3.13. The van der Waals surface area contributed by atoms with Gasteiger partial charge in [0.2, 0.25) is 5.16 Å². The van der Waals surface area contributed by atoms with Gasteiger partial charge in [0.1, 0.15) is 5.82 Å². The molecular weight excluding hydrogens is 286 g/mol. The average molecular weight is 301 g/mol. The van der Waals surface area contributed by atoms with Crippen LogP contribution in [0.5, 0.6) is 0 Å². The number of nitrogen functional groups attached to an aromatic ring is 1. The molecular formula is C13H15N7S. The van der Waals surface area contributed by atoms with Crippen LogP contribution in [-0.2, 0) is 6.54 Å². The number of rotatable bonds is 6. The van der Waals surface area contributed by atoms with E-state index in [1.165, 1.54) is 0 Å². The first-order valence-corrected chi connectivity index (χ1v) is 7.57. The standard InChI is InChI=1S/C13H15N7S/c14-12-7-9-19(16-12)8-4-10-21-13-15-17-18-20(13)11-5-2-1-3-6-11/h1-3,5-7,9H,4,8,10H2,(H2,14,16). The number of aryl methyl sites for hydroxylation is 1. The van der Waals surface area contributed by atoms with Gasteiger partial charge in [0, 0.05) is 18.5 Å². The number of nitrogens with zero attached hydrogens (tertiary/aromatic N) is 6. The molecule has 21 heavy (non-hydrogen) atoms. The zero-order valence-corrected chi connectivity index (χ0v) is 12.1. The number of thioether (sulfide) groups is 1. The fourth-order valence-electron chi connectivity index (χ4n) is 1.89. The summed E-state index contributed by atoms with van der Waals surface area (Å²) >= 11 is 1.63. The lowest BCUT2D eigenvalue weighted by atomic mass is 10.3. The van der Waals surface area contributed by atoms with E-state index in [-0.39, 0.29) is 0 Å². The van der Waals surface area contributed by atoms with Gasteiger partial charge in [-0.05, 0) is 35.0 Å². The van der Waals surface area contributed by atoms with Crippen molar-refractivity contribution in [2.45, 2.75) is 18.1 Å². The third-order valence-electron chi connectivity index (χ3n) is 2.87. The Morgan fingerprint density at radius 3 is 2.76 bits per heavy atom. The minimum atomic E-state index is 0.552. The molecule has 1 aromatic carbocycles. The zero-order chi connectivity index (χ0) is 14.5. The molecule has 0 aliphatic rings. The summed E-state index contributed by atoms with van der Waals surface area (Å²) in [6.07, 6.45) is 2.85. The quantitative estimate of drug-likeness (QED) is 0.550. The fraction of sp³-hybridized carbons (Fsp3) is 0.231. The number of anilines is 1. The summed E-state index contributed by atoms with van der Waals surface area (Å²) in [5, 5.41) is 16.8. The molecule has 3 aromatic rings. The summed E-state index contributed by atoms with van der Waals surface area (Å²) in [6, 6.07) is 11.7. The van der Waals surface area contributed by atoms with E-state index in [1.807, 2.05) is 41.2 Å². The highest BCUT2D eigenvalue weighted by atomic mass is 32.2. The normalized spacial score (nSPS) is 10.9. The van der Waals surface area contributed by atoms with E-state index >= 15 is 0 Å². The van der Waals surface area contributed by atoms with Gasteiger partial charge in [-0.1, -0.05) is 30.0 Å². The van der Waals surface area contributed by atoms with Crippen molar-refractivity contribution in [1.29, 1.82) is 0 Å². The Balaban J connectivity index is 1.55. The molecule has 0 saturated heterocycles. The van der Waals surface area contributed by atoms with E-state index in [4.69, 9.17) is 5.73 Å². The van der Waals surface area contributed by atoms with E-state index in [0.29, 0.717) is 5.82 Å². The Bertz CT molecular complexity index is 691. The van der Waals surface area contributed by atoms with Crippen molar-refractivity contribution in [2.24, 2.45) is 0 Å². The van der Waals surface area contributed by atoms with E-state index in [1.54, 1.807) is 22.5 Å². The van der Waals surface area contributed by atoms with Crippen molar-refractivity contribution in [2.75, 3.05) is 11.5 Å². The van der Waals surface area contributed by atoms with Crippen molar-refractivity contribution >= 4 is 17.6 Å². The van der Waals surface area contributed by atoms with Crippen molar-refractivity contribution in [1.82, 2.24) is 30.0 Å². The molecule has 0 amide bonds. The number of para-hydroxylation sites is 1. The second-order valence-electron chi connectivity index (χ2n) is 4.41. The molecule has 2 aromatic heterocycles. The molecule has 2 heterocycles. The van der Waals surface area contributed by atoms with Crippen LogP contribution in [0.4, 0.5) is 5.82 Å². The molecule has 0 radical (unpaired) electrons. The molecule has 0 aliphatic heterocycles. The number of hydrogen-bond donors (Lipinski definition) is 1. The second-order valence-corrected chi connectivity index (χ2v) is 5.48. The summed E-state index contributed by atoms with van der Waals surface area (Å²) < 4.78 is 3.59. The molecule has 2 N–H and O–H groups in total. The van der Waals surface area contributed by atoms with E-state index < -0.39 is 0 Å². The molecule has 0 bridgehead atoms. The number of tetrazole rings is 1. The van der Waals surface area contributed by atoms with Gasteiger partial charge >= 0.3 is 0 Å². The van der Waals surface area contributed by atoms with Gasteiger partial charge in [0.25, 0.3) is 0 Å². The lowest BCUT2D eigenvalue weighted by molar-refractivity contribution is 0.608. The highest BCUT2D eigenvalue weighted by Gasteiger charge is 2.08. The Morgan fingerprint density at radius 2 is 2.00 bits per heavy atom. The van der Waals surface area contributed by atoms with Crippen molar-refractivity contribution < 1.29 is 0 Å². The van der Waals surface area contributed by atoms with Crippen LogP contribution < -0.4 is 5.73 Å². The van der Waals surface area contributed by atoms with E-state index in [9.17, 15) is 0 Å². The Hall–Kier alpha value is -2.35. The minimum absolute atomic E-state index is 0.552. The number of aromatic nitrogens is 6. The van der Waals surface area contributed by atoms with Crippen molar-refractivity contribution in [3.05, 3.63) is 42.6 Å². The van der Waals surface area contributed by atoms with Gasteiger partial charge in [-0.2, -0.15) is 9.78 Å². The van der Waals surface area contributed by atoms with Crippen molar-refractivity contribution in [3.63, 3.8) is 0 Å². The highest BCUT2D eigenvalue weighted by Crippen LogP contribution is 2.18. The first-order chi connectivity index (χ1) is 10.3. The van der Waals surface area contributed by atoms with Gasteiger partial charge in [-0.25, -0.2) is 0 Å². The maximum atomic E-state index is 5.58. The zero-order valence-electron chi connectivity index (χ0n) is 11.3. The van der Waals surface area contributed by atoms with Crippen LogP contribution in [-0.4, -0.2) is 35.7 Å². The van der Waals surface area contributed by atoms with Crippen LogP contribution in [0.2, 0.25) is 0 Å². The van der Waals surface area contributed by atoms with Gasteiger partial charge in [-0.15, -0.1) is 5.10 Å². The molecule has 108 valence electrons. The summed E-state index contributed by atoms with van der Waals surface area (Å²) in [6.45, 7) is 0.830. The van der Waals surface area contributed by atoms with Crippen LogP contribution in [0.15, 0.2) is 47.8 Å². The van der Waals surface area contributed by atoms with Crippen LogP contribution in [0.1, 0.15) is 6.42 Å². The SMILES string of the molecule is Nc1ccn(CCCSc2nnnn2-c2ccccc2)n1. The van der Waals surface area contributed by atoms with Gasteiger partial charge in [-0.3, -0.25) is 4.68 Å². The molecule has 8 heteroatoms. The van der Waals surface area contributed by atoms with Crippen LogP contribution in [0, 0.1) is 0 Å². The first-order valence-electron chi connectivity index (χ1n) is 6.58. The Kier molecular flexibility index (Phi) is 4.15. The van der Waals surface area contributed by atoms with Crippen LogP contribution >= 0.6 is 11.8 Å². The van der Waals surface area contributed by atoms with Gasteiger partial charge < -0.3 is 5.73 Å². The molecule has 0 spiro atoms. The molecule has 7 nitrogen and oxygen atoms in total. The topological polar surface area (TPSA) is 87.4 Å². The number of nitrogens with two attached hydrogens (primary N) is 1. The summed E-state index contributed by atoms with van der Waals surface area (Å²) in [7, 11) is 0. The van der Waals surface area contributed by atoms with Crippen molar-refractivity contribution in [3.8, 4) is 5.69 Å². The monoisotopic (exact) mass is 301 g/mol. The van der Waals surface area contributed by atoms with Crippen LogP contribution in [0.25, 0.3) is 5.69 Å². The predicted octanol–water partition coefficient (Wildman–Crippen LogP) is 1.62. The number of benzene rings is 1.